The smallest absolute Gasteiger partial charge is 0.449 e. The first-order valence-electron chi connectivity index (χ1n) is 4.69. The maximum Gasteiger partial charge on any atom is 0.512 e. The molecule has 1 heterocycles. The Kier molecular flexibility index (Phi) is 3.24. The van der Waals surface area contributed by atoms with Gasteiger partial charge in [0.05, 0.1) is 12.7 Å². The molecule has 0 spiro atoms. The molecule has 0 aliphatic rings. The Morgan fingerprint density at radius 2 is 2.24 bits per heavy atom. The molecule has 0 bridgehead atoms. The highest BCUT2D eigenvalue weighted by Crippen LogP contribution is 2.16. The van der Waals surface area contributed by atoms with Gasteiger partial charge in [-0.25, -0.2) is 9.48 Å². The number of halogens is 1. The van der Waals surface area contributed by atoms with Crippen LogP contribution in [-0.2, 0) is 6.54 Å². The molecule has 6 nitrogen and oxygen atoms in total. The molecule has 0 aliphatic heterocycles. The van der Waals surface area contributed by atoms with Crippen LogP contribution in [0.2, 0.25) is 5.02 Å². The molecule has 0 amide bonds. The van der Waals surface area contributed by atoms with Gasteiger partial charge in [-0.05, 0) is 11.6 Å². The third-order valence-corrected chi connectivity index (χ3v) is 2.37. The number of ether oxygens (including phenoxy) is 1. The molecule has 0 fully saturated rings. The maximum absolute atomic E-state index is 10.3. The predicted molar refractivity (Wildman–Crippen MR) is 59.2 cm³/mol. The van der Waals surface area contributed by atoms with E-state index in [0.717, 1.165) is 5.56 Å². The van der Waals surface area contributed by atoms with E-state index >= 15 is 0 Å². The van der Waals surface area contributed by atoms with Crippen molar-refractivity contribution >= 4 is 17.8 Å². The number of carboxylic acid groups (broad SMARTS) is 1. The Hall–Kier alpha value is -2.08. The third kappa shape index (κ3) is 2.94. The largest absolute Gasteiger partial charge is 0.512 e. The highest BCUT2D eigenvalue weighted by atomic mass is 35.5. The lowest BCUT2D eigenvalue weighted by molar-refractivity contribution is 0.142. The highest BCUT2D eigenvalue weighted by molar-refractivity contribution is 6.31. The Balaban J connectivity index is 2.12. The fourth-order valence-corrected chi connectivity index (χ4v) is 1.49. The minimum Gasteiger partial charge on any atom is -0.449 e. The molecule has 0 unspecified atom stereocenters. The van der Waals surface area contributed by atoms with Crippen LogP contribution >= 0.6 is 11.6 Å². The summed E-state index contributed by atoms with van der Waals surface area (Å²) in [5, 5.41) is 16.3. The van der Waals surface area contributed by atoms with Gasteiger partial charge in [-0.2, -0.15) is 0 Å². The molecule has 7 heteroatoms. The molecule has 0 atom stereocenters. The molecule has 17 heavy (non-hydrogen) atoms. The normalized spacial score (nSPS) is 10.2. The zero-order valence-corrected chi connectivity index (χ0v) is 9.33. The number of nitrogens with zero attached hydrogens (tertiary/aromatic N) is 3. The van der Waals surface area contributed by atoms with E-state index in [2.05, 4.69) is 15.0 Å². The van der Waals surface area contributed by atoms with Crippen molar-refractivity contribution in [3.05, 3.63) is 41.0 Å². The molecule has 0 saturated heterocycles. The summed E-state index contributed by atoms with van der Waals surface area (Å²) in [5.74, 6) is -0.0652. The Morgan fingerprint density at radius 1 is 1.47 bits per heavy atom. The Morgan fingerprint density at radius 3 is 2.94 bits per heavy atom. The maximum atomic E-state index is 10.3. The van der Waals surface area contributed by atoms with Crippen LogP contribution in [0.5, 0.6) is 5.88 Å². The lowest BCUT2D eigenvalue weighted by Gasteiger charge is -2.02. The van der Waals surface area contributed by atoms with E-state index < -0.39 is 6.16 Å². The summed E-state index contributed by atoms with van der Waals surface area (Å²) in [5.41, 5.74) is 0.862. The number of carbonyl (C=O) groups is 1. The van der Waals surface area contributed by atoms with E-state index in [1.807, 2.05) is 18.2 Å². The lowest BCUT2D eigenvalue weighted by atomic mass is 10.2. The molecule has 1 aromatic heterocycles. The van der Waals surface area contributed by atoms with Crippen molar-refractivity contribution in [2.24, 2.45) is 0 Å². The summed E-state index contributed by atoms with van der Waals surface area (Å²) in [6, 6.07) is 7.29. The van der Waals surface area contributed by atoms with Gasteiger partial charge in [0.15, 0.2) is 0 Å². The molecule has 2 aromatic rings. The number of aromatic nitrogens is 3. The average molecular weight is 254 g/mol. The van der Waals surface area contributed by atoms with Gasteiger partial charge in [-0.1, -0.05) is 40.1 Å². The van der Waals surface area contributed by atoms with Gasteiger partial charge in [-0.15, -0.1) is 0 Å². The zero-order chi connectivity index (χ0) is 12.3. The number of rotatable bonds is 3. The SMILES string of the molecule is O=C(O)Oc1cn(Cc2ccccc2Cl)nn1. The molecule has 88 valence electrons. The first kappa shape index (κ1) is 11.4. The molecule has 1 aromatic carbocycles. The average Bonchev–Trinajstić information content (AvgIpc) is 2.68. The quantitative estimate of drug-likeness (QED) is 0.847. The summed E-state index contributed by atoms with van der Waals surface area (Å²) >= 11 is 5.98. The first-order chi connectivity index (χ1) is 8.15. The Bertz CT molecular complexity index is 541. The van der Waals surface area contributed by atoms with Crippen LogP contribution in [-0.4, -0.2) is 26.3 Å². The minimum atomic E-state index is -1.42. The van der Waals surface area contributed by atoms with Crippen molar-refractivity contribution in [2.45, 2.75) is 6.54 Å². The number of hydrogen-bond acceptors (Lipinski definition) is 4. The van der Waals surface area contributed by atoms with E-state index in [9.17, 15) is 4.79 Å². The van der Waals surface area contributed by atoms with E-state index in [4.69, 9.17) is 16.7 Å². The fraction of sp³-hybridized carbons (Fsp3) is 0.100. The molecule has 2 rings (SSSR count). The third-order valence-electron chi connectivity index (χ3n) is 2.00. The minimum absolute atomic E-state index is 0.0652. The van der Waals surface area contributed by atoms with E-state index in [0.29, 0.717) is 11.6 Å². The van der Waals surface area contributed by atoms with Crippen molar-refractivity contribution in [3.63, 3.8) is 0 Å². The lowest BCUT2D eigenvalue weighted by Crippen LogP contribution is -2.03. The summed E-state index contributed by atoms with van der Waals surface area (Å²) in [4.78, 5) is 10.3. The van der Waals surface area contributed by atoms with E-state index in [1.54, 1.807) is 6.07 Å². The molecule has 0 radical (unpaired) electrons. The van der Waals surface area contributed by atoms with Gasteiger partial charge >= 0.3 is 6.16 Å². The van der Waals surface area contributed by atoms with Crippen molar-refractivity contribution in [3.8, 4) is 5.88 Å². The predicted octanol–water partition coefficient (Wildman–Crippen LogP) is 2.04. The summed E-state index contributed by atoms with van der Waals surface area (Å²) in [6.45, 7) is 0.398. The summed E-state index contributed by atoms with van der Waals surface area (Å²) in [7, 11) is 0. The van der Waals surface area contributed by atoms with Crippen molar-refractivity contribution < 1.29 is 14.6 Å². The molecule has 1 N–H and O–H groups in total. The number of benzene rings is 1. The first-order valence-corrected chi connectivity index (χ1v) is 5.07. The van der Waals surface area contributed by atoms with Crippen molar-refractivity contribution in [1.82, 2.24) is 15.0 Å². The molecular weight excluding hydrogens is 246 g/mol. The second-order valence-corrected chi connectivity index (χ2v) is 3.62. The van der Waals surface area contributed by atoms with E-state index in [-0.39, 0.29) is 5.88 Å². The van der Waals surface area contributed by atoms with Gasteiger partial charge in [0.2, 0.25) is 0 Å². The Labute approximate surface area is 101 Å². The van der Waals surface area contributed by atoms with Crippen LogP contribution in [0.3, 0.4) is 0 Å². The van der Waals surface area contributed by atoms with Crippen molar-refractivity contribution in [1.29, 1.82) is 0 Å². The monoisotopic (exact) mass is 253 g/mol. The highest BCUT2D eigenvalue weighted by Gasteiger charge is 2.07. The standard InChI is InChI=1S/C10H8ClN3O3/c11-8-4-2-1-3-7(8)5-14-6-9(12-13-14)17-10(15)16/h1-4,6H,5H2,(H,15,16). The summed E-state index contributed by atoms with van der Waals surface area (Å²) in [6.07, 6.45) is -0.0351. The van der Waals surface area contributed by atoms with Gasteiger partial charge < -0.3 is 9.84 Å². The van der Waals surface area contributed by atoms with Crippen LogP contribution in [0.4, 0.5) is 4.79 Å². The zero-order valence-electron chi connectivity index (χ0n) is 8.58. The topological polar surface area (TPSA) is 77.2 Å². The second kappa shape index (κ2) is 4.84. The van der Waals surface area contributed by atoms with Crippen LogP contribution in [0.25, 0.3) is 0 Å². The molecule has 0 saturated carbocycles. The van der Waals surface area contributed by atoms with Crippen LogP contribution in [0.15, 0.2) is 30.5 Å². The molecular formula is C10H8ClN3O3. The fourth-order valence-electron chi connectivity index (χ4n) is 1.30. The van der Waals surface area contributed by atoms with Gasteiger partial charge in [0.1, 0.15) is 0 Å². The van der Waals surface area contributed by atoms with Crippen LogP contribution < -0.4 is 4.74 Å². The number of hydrogen-bond donors (Lipinski definition) is 1. The summed E-state index contributed by atoms with van der Waals surface area (Å²) < 4.78 is 5.80. The van der Waals surface area contributed by atoms with Crippen LogP contribution in [0, 0.1) is 0 Å². The van der Waals surface area contributed by atoms with E-state index in [1.165, 1.54) is 10.9 Å². The van der Waals surface area contributed by atoms with Crippen LogP contribution in [0.1, 0.15) is 5.56 Å². The van der Waals surface area contributed by atoms with Gasteiger partial charge in [-0.3, -0.25) is 0 Å². The van der Waals surface area contributed by atoms with Gasteiger partial charge in [0, 0.05) is 5.02 Å². The van der Waals surface area contributed by atoms with Gasteiger partial charge in [0.25, 0.3) is 5.88 Å². The van der Waals surface area contributed by atoms with Crippen molar-refractivity contribution in [2.75, 3.05) is 0 Å². The second-order valence-electron chi connectivity index (χ2n) is 3.21. The molecule has 0 aliphatic carbocycles.